The number of nitrogens with one attached hydrogen (secondary N) is 2. The van der Waals surface area contributed by atoms with E-state index in [1.54, 1.807) is 6.20 Å². The maximum atomic E-state index is 11.6. The number of thiazole rings is 1. The molecule has 1 unspecified atom stereocenters. The Morgan fingerprint density at radius 2 is 2.27 bits per heavy atom. The number of carboxylic acid groups (broad SMARTS) is 1. The normalized spacial score (nSPS) is 24.3. The number of carbonyl (C=O) groups is 1. The first-order valence-corrected chi connectivity index (χ1v) is 7.98. The summed E-state index contributed by atoms with van der Waals surface area (Å²) in [5.74, 6) is -0.835. The molecule has 0 aliphatic carbocycles. The highest BCUT2D eigenvalue weighted by atomic mass is 32.1. The molecule has 3 aromatic rings. The van der Waals surface area contributed by atoms with Crippen molar-refractivity contribution in [2.75, 3.05) is 0 Å². The number of aliphatic carboxylic acids is 1. The van der Waals surface area contributed by atoms with Gasteiger partial charge in [0.1, 0.15) is 16.6 Å². The molecule has 0 spiro atoms. The largest absolute Gasteiger partial charge is 0.480 e. The Kier molecular flexibility index (Phi) is 2.85. The molecule has 0 bridgehead atoms. The molecule has 0 amide bonds. The Morgan fingerprint density at radius 3 is 3.00 bits per heavy atom. The summed E-state index contributed by atoms with van der Waals surface area (Å²) in [5, 5.41) is 16.6. The zero-order chi connectivity index (χ0) is 15.3. The average Bonchev–Trinajstić information content (AvgIpc) is 3.15. The number of nitrogens with zero attached hydrogens (tertiary/aromatic N) is 1. The van der Waals surface area contributed by atoms with Crippen LogP contribution in [0.1, 0.15) is 23.2 Å². The lowest BCUT2D eigenvalue weighted by atomic mass is 9.85. The Morgan fingerprint density at radius 1 is 1.45 bits per heavy atom. The second-order valence-electron chi connectivity index (χ2n) is 5.73. The quantitative estimate of drug-likeness (QED) is 0.679. The number of hydrogen-bond donors (Lipinski definition) is 3. The van der Waals surface area contributed by atoms with Crippen molar-refractivity contribution < 1.29 is 9.90 Å². The van der Waals surface area contributed by atoms with E-state index < -0.39 is 17.6 Å². The lowest BCUT2D eigenvalue weighted by Crippen LogP contribution is -2.54. The molecule has 0 saturated heterocycles. The van der Waals surface area contributed by atoms with Gasteiger partial charge in [0.25, 0.3) is 0 Å². The number of fused-ring (bicyclic) bond motifs is 3. The molecule has 112 valence electrons. The van der Waals surface area contributed by atoms with Crippen molar-refractivity contribution in [3.05, 3.63) is 52.1 Å². The number of aromatic amines is 1. The lowest BCUT2D eigenvalue weighted by Gasteiger charge is -2.36. The van der Waals surface area contributed by atoms with E-state index in [2.05, 4.69) is 15.3 Å². The molecule has 4 rings (SSSR count). The van der Waals surface area contributed by atoms with E-state index in [1.807, 2.05) is 36.6 Å². The number of para-hydroxylation sites is 1. The molecule has 1 aliphatic heterocycles. The molecule has 6 heteroatoms. The van der Waals surface area contributed by atoms with Gasteiger partial charge in [0.2, 0.25) is 0 Å². The molecule has 2 atom stereocenters. The fourth-order valence-corrected chi connectivity index (χ4v) is 4.07. The molecule has 3 N–H and O–H groups in total. The van der Waals surface area contributed by atoms with Crippen LogP contribution in [0, 0.1) is 0 Å². The number of benzene rings is 1. The van der Waals surface area contributed by atoms with Gasteiger partial charge in [0.15, 0.2) is 0 Å². The predicted octanol–water partition coefficient (Wildman–Crippen LogP) is 2.49. The highest BCUT2D eigenvalue weighted by molar-refractivity contribution is 7.09. The molecule has 1 aliphatic rings. The monoisotopic (exact) mass is 313 g/mol. The minimum Gasteiger partial charge on any atom is -0.480 e. The van der Waals surface area contributed by atoms with Gasteiger partial charge in [-0.05, 0) is 18.6 Å². The van der Waals surface area contributed by atoms with Crippen molar-refractivity contribution in [2.24, 2.45) is 0 Å². The zero-order valence-corrected chi connectivity index (χ0v) is 12.8. The van der Waals surface area contributed by atoms with Crippen molar-refractivity contribution >= 4 is 28.2 Å². The van der Waals surface area contributed by atoms with Crippen LogP contribution in [0.3, 0.4) is 0 Å². The average molecular weight is 313 g/mol. The molecule has 3 heterocycles. The van der Waals surface area contributed by atoms with Gasteiger partial charge in [-0.3, -0.25) is 10.1 Å². The highest BCUT2D eigenvalue weighted by Gasteiger charge is 2.43. The van der Waals surface area contributed by atoms with Gasteiger partial charge in [-0.25, -0.2) is 4.98 Å². The second-order valence-corrected chi connectivity index (χ2v) is 6.62. The Balaban J connectivity index is 1.99. The van der Waals surface area contributed by atoms with E-state index in [9.17, 15) is 9.90 Å². The van der Waals surface area contributed by atoms with Crippen LogP contribution in [0.25, 0.3) is 10.9 Å². The summed E-state index contributed by atoms with van der Waals surface area (Å²) >= 11 is 1.53. The second kappa shape index (κ2) is 4.66. The van der Waals surface area contributed by atoms with Crippen molar-refractivity contribution in [1.29, 1.82) is 0 Å². The van der Waals surface area contributed by atoms with Gasteiger partial charge < -0.3 is 10.1 Å². The number of rotatable bonds is 2. The minimum atomic E-state index is -0.835. The van der Waals surface area contributed by atoms with Crippen LogP contribution in [-0.4, -0.2) is 27.1 Å². The molecule has 0 fully saturated rings. The van der Waals surface area contributed by atoms with E-state index in [0.29, 0.717) is 6.42 Å². The maximum Gasteiger partial charge on any atom is 0.321 e. The number of aromatic nitrogens is 2. The molecule has 0 saturated carbocycles. The van der Waals surface area contributed by atoms with Crippen LogP contribution < -0.4 is 5.32 Å². The summed E-state index contributed by atoms with van der Waals surface area (Å²) in [6.07, 6.45) is 2.22. The summed E-state index contributed by atoms with van der Waals surface area (Å²) in [6, 6.07) is 7.39. The van der Waals surface area contributed by atoms with Crippen molar-refractivity contribution in [3.8, 4) is 0 Å². The van der Waals surface area contributed by atoms with E-state index >= 15 is 0 Å². The minimum absolute atomic E-state index is 0.468. The van der Waals surface area contributed by atoms with E-state index in [1.165, 1.54) is 11.3 Å². The Labute approximate surface area is 131 Å². The summed E-state index contributed by atoms with van der Waals surface area (Å²) in [5.41, 5.74) is 2.49. The number of hydrogen-bond acceptors (Lipinski definition) is 4. The fraction of sp³-hybridized carbons (Fsp3) is 0.250. The third kappa shape index (κ3) is 1.81. The molecule has 2 aromatic heterocycles. The zero-order valence-electron chi connectivity index (χ0n) is 12.0. The third-order valence-corrected chi connectivity index (χ3v) is 5.34. The van der Waals surface area contributed by atoms with Gasteiger partial charge >= 0.3 is 5.97 Å². The first-order valence-electron chi connectivity index (χ1n) is 7.10. The number of H-pyrrole nitrogens is 1. The molecule has 1 aromatic carbocycles. The molecule has 5 nitrogen and oxygen atoms in total. The van der Waals surface area contributed by atoms with Crippen LogP contribution in [0.4, 0.5) is 0 Å². The molecular weight excluding hydrogens is 298 g/mol. The van der Waals surface area contributed by atoms with E-state index in [4.69, 9.17) is 0 Å². The molecule has 22 heavy (non-hydrogen) atoms. The van der Waals surface area contributed by atoms with Gasteiger partial charge in [0.05, 0.1) is 0 Å². The van der Waals surface area contributed by atoms with Gasteiger partial charge in [-0.1, -0.05) is 18.2 Å². The number of carboxylic acids is 1. The molecular formula is C16H15N3O2S. The smallest absolute Gasteiger partial charge is 0.321 e. The van der Waals surface area contributed by atoms with Gasteiger partial charge in [0, 0.05) is 34.6 Å². The maximum absolute atomic E-state index is 11.6. The lowest BCUT2D eigenvalue weighted by molar-refractivity contribution is -0.140. The van der Waals surface area contributed by atoms with Gasteiger partial charge in [-0.2, -0.15) is 0 Å². The van der Waals surface area contributed by atoms with Crippen LogP contribution in [0.15, 0.2) is 35.8 Å². The SMILES string of the molecule is CC1(c2nccs2)N[C@H](C(=O)O)Cc2c1[nH]c1ccccc21. The Hall–Kier alpha value is -2.18. The van der Waals surface area contributed by atoms with E-state index in [0.717, 1.165) is 27.2 Å². The topological polar surface area (TPSA) is 78.0 Å². The van der Waals surface area contributed by atoms with Crippen molar-refractivity contribution in [2.45, 2.75) is 24.9 Å². The van der Waals surface area contributed by atoms with E-state index in [-0.39, 0.29) is 0 Å². The first-order chi connectivity index (χ1) is 10.6. The fourth-order valence-electron chi connectivity index (χ4n) is 3.30. The summed E-state index contributed by atoms with van der Waals surface area (Å²) in [6.45, 7) is 2.00. The standard InChI is InChI=1S/C16H15N3O2S/c1-16(15-17-6-7-22-15)13-10(8-12(19-16)14(20)21)9-4-2-3-5-11(9)18-13/h2-7,12,18-19H,8H2,1H3,(H,20,21)/t12-,16?/m0/s1. The summed E-state index contributed by atoms with van der Waals surface area (Å²) < 4.78 is 0. The summed E-state index contributed by atoms with van der Waals surface area (Å²) in [7, 11) is 0. The Bertz CT molecular complexity index is 856. The van der Waals surface area contributed by atoms with Crippen molar-refractivity contribution in [3.63, 3.8) is 0 Å². The first kappa shape index (κ1) is 13.5. The third-order valence-electron chi connectivity index (χ3n) is 4.34. The predicted molar refractivity (Wildman–Crippen MR) is 85.1 cm³/mol. The van der Waals surface area contributed by atoms with Crippen LogP contribution in [0.5, 0.6) is 0 Å². The van der Waals surface area contributed by atoms with Crippen molar-refractivity contribution in [1.82, 2.24) is 15.3 Å². The van der Waals surface area contributed by atoms with Crippen LogP contribution in [0.2, 0.25) is 0 Å². The van der Waals surface area contributed by atoms with Crippen LogP contribution in [-0.2, 0) is 16.8 Å². The summed E-state index contributed by atoms with van der Waals surface area (Å²) in [4.78, 5) is 19.5. The van der Waals surface area contributed by atoms with Gasteiger partial charge in [-0.15, -0.1) is 11.3 Å². The highest BCUT2D eigenvalue weighted by Crippen LogP contribution is 2.39. The molecule has 0 radical (unpaired) electrons. The van der Waals surface area contributed by atoms with Crippen LogP contribution >= 0.6 is 11.3 Å².